The highest BCUT2D eigenvalue weighted by Crippen LogP contribution is 2.44. The van der Waals surface area contributed by atoms with Crippen molar-refractivity contribution < 1.29 is 14.3 Å². The predicted octanol–water partition coefficient (Wildman–Crippen LogP) is 7.38. The molecule has 0 bridgehead atoms. The zero-order valence-corrected chi connectivity index (χ0v) is 21.2. The monoisotopic (exact) mass is 527 g/mol. The van der Waals surface area contributed by atoms with Crippen molar-refractivity contribution in [1.29, 1.82) is 0 Å². The number of carbonyl (C=O) groups excluding carboxylic acids is 2. The molecule has 164 valence electrons. The number of aromatic nitrogens is 1. The molecule has 0 saturated heterocycles. The van der Waals surface area contributed by atoms with Crippen molar-refractivity contribution in [1.82, 2.24) is 4.40 Å². The van der Waals surface area contributed by atoms with Gasteiger partial charge in [-0.3, -0.25) is 4.79 Å². The Labute approximate surface area is 203 Å². The summed E-state index contributed by atoms with van der Waals surface area (Å²) in [4.78, 5) is 27.2. The van der Waals surface area contributed by atoms with Crippen molar-refractivity contribution in [3.63, 3.8) is 0 Å². The van der Waals surface area contributed by atoms with Gasteiger partial charge in [-0.2, -0.15) is 0 Å². The summed E-state index contributed by atoms with van der Waals surface area (Å²) in [6.45, 7) is 6.19. The van der Waals surface area contributed by atoms with Gasteiger partial charge >= 0.3 is 5.97 Å². The maximum Gasteiger partial charge on any atom is 0.341 e. The highest BCUT2D eigenvalue weighted by Gasteiger charge is 2.29. The second-order valence-corrected chi connectivity index (χ2v) is 10.6. The number of thiophene rings is 1. The third kappa shape index (κ3) is 4.29. The number of carbonyl (C=O) groups is 2. The molecule has 0 aliphatic carbocycles. The number of esters is 1. The van der Waals surface area contributed by atoms with Crippen LogP contribution in [0.5, 0.6) is 0 Å². The second-order valence-electron chi connectivity index (χ2n) is 7.42. The fraction of sp³-hybridized carbons (Fsp3) is 0.200. The topological polar surface area (TPSA) is 47.8 Å². The number of fused-ring (bicyclic) bond motifs is 3. The molecule has 0 spiro atoms. The Bertz CT molecular complexity index is 1350. The van der Waals surface area contributed by atoms with Crippen LogP contribution in [0, 0.1) is 0 Å². The van der Waals surface area contributed by atoms with Crippen molar-refractivity contribution in [2.24, 2.45) is 0 Å². The van der Waals surface area contributed by atoms with Crippen LogP contribution in [0.3, 0.4) is 0 Å². The summed E-state index contributed by atoms with van der Waals surface area (Å²) in [5, 5.41) is 0.673. The fourth-order valence-electron chi connectivity index (χ4n) is 3.51. The summed E-state index contributed by atoms with van der Waals surface area (Å²) in [5.74, 6) is 0.288. The van der Waals surface area contributed by atoms with Crippen molar-refractivity contribution >= 4 is 67.2 Å². The highest BCUT2D eigenvalue weighted by molar-refractivity contribution is 9.10. The lowest BCUT2D eigenvalue weighted by molar-refractivity contribution is 0.0531. The van der Waals surface area contributed by atoms with E-state index in [1.807, 2.05) is 40.9 Å². The standard InChI is InChI=1S/C25H22BrNO3S2/c1-4-30-24(29)19-18-7-5-6-13-27(18)21-20(19)23(32-25(21)31-14-12-15(2)3)22(28)16-8-10-17(26)11-9-16/h5-13H,4,14H2,1-3H3. The van der Waals surface area contributed by atoms with E-state index in [9.17, 15) is 9.59 Å². The Morgan fingerprint density at radius 2 is 1.91 bits per heavy atom. The quantitative estimate of drug-likeness (QED) is 0.109. The molecule has 0 atom stereocenters. The molecule has 32 heavy (non-hydrogen) atoms. The SMILES string of the molecule is CCOC(=O)c1c2c(C(=O)c3ccc(Br)cc3)sc(SCC=C(C)C)c2n2ccccc12. The van der Waals surface area contributed by atoms with Gasteiger partial charge < -0.3 is 9.14 Å². The van der Waals surface area contributed by atoms with Crippen LogP contribution in [0.4, 0.5) is 0 Å². The van der Waals surface area contributed by atoms with Crippen molar-refractivity contribution in [2.45, 2.75) is 25.0 Å². The zero-order valence-electron chi connectivity index (χ0n) is 18.0. The number of benzene rings is 1. The molecule has 0 amide bonds. The molecule has 3 heterocycles. The van der Waals surface area contributed by atoms with E-state index in [4.69, 9.17) is 4.74 Å². The normalized spacial score (nSPS) is 11.1. The minimum Gasteiger partial charge on any atom is -0.462 e. The molecule has 0 aliphatic heterocycles. The molecule has 0 fully saturated rings. The molecule has 0 radical (unpaired) electrons. The van der Waals surface area contributed by atoms with Gasteiger partial charge in [0.25, 0.3) is 0 Å². The van der Waals surface area contributed by atoms with Crippen molar-refractivity contribution in [3.05, 3.63) is 80.8 Å². The van der Waals surface area contributed by atoms with Crippen LogP contribution < -0.4 is 0 Å². The van der Waals surface area contributed by atoms with Gasteiger partial charge in [-0.25, -0.2) is 4.79 Å². The first kappa shape index (κ1) is 22.8. The van der Waals surface area contributed by atoms with E-state index in [-0.39, 0.29) is 12.4 Å². The summed E-state index contributed by atoms with van der Waals surface area (Å²) in [6.07, 6.45) is 4.10. The number of rotatable bonds is 7. The van der Waals surface area contributed by atoms with Crippen LogP contribution in [0.2, 0.25) is 0 Å². The molecule has 7 heteroatoms. The molecule has 0 aliphatic rings. The average molecular weight is 528 g/mol. The molecular formula is C25H22BrNO3S2. The number of nitrogens with zero attached hydrogens (tertiary/aromatic N) is 1. The van der Waals surface area contributed by atoms with Crippen LogP contribution in [0.25, 0.3) is 16.4 Å². The largest absolute Gasteiger partial charge is 0.462 e. The van der Waals surface area contributed by atoms with Crippen LogP contribution in [0.1, 0.15) is 46.4 Å². The number of pyridine rings is 1. The lowest BCUT2D eigenvalue weighted by Gasteiger charge is -2.04. The van der Waals surface area contributed by atoms with Crippen molar-refractivity contribution in [2.75, 3.05) is 12.4 Å². The number of hydrogen-bond acceptors (Lipinski definition) is 5. The molecule has 0 unspecified atom stereocenters. The molecule has 4 nitrogen and oxygen atoms in total. The van der Waals surface area contributed by atoms with E-state index < -0.39 is 5.97 Å². The van der Waals surface area contributed by atoms with Gasteiger partial charge in [-0.05, 0) is 57.2 Å². The number of ether oxygens (including phenoxy) is 1. The van der Waals surface area contributed by atoms with E-state index in [2.05, 4.69) is 35.9 Å². The number of hydrogen-bond donors (Lipinski definition) is 0. The predicted molar refractivity (Wildman–Crippen MR) is 136 cm³/mol. The average Bonchev–Trinajstić information content (AvgIpc) is 3.30. The Balaban J connectivity index is 2.00. The Hall–Kier alpha value is -2.35. The van der Waals surface area contributed by atoms with Gasteiger partial charge in [0.2, 0.25) is 5.78 Å². The van der Waals surface area contributed by atoms with Gasteiger partial charge in [0, 0.05) is 27.4 Å². The summed E-state index contributed by atoms with van der Waals surface area (Å²) in [5.41, 5.74) is 3.91. The third-order valence-corrected chi connectivity index (χ3v) is 7.85. The Morgan fingerprint density at radius 1 is 1.16 bits per heavy atom. The number of thioether (sulfide) groups is 1. The minimum atomic E-state index is -0.408. The lowest BCUT2D eigenvalue weighted by Crippen LogP contribution is -2.06. The first-order chi connectivity index (χ1) is 15.4. The van der Waals surface area contributed by atoms with Crippen LogP contribution in [-0.2, 0) is 4.74 Å². The van der Waals surface area contributed by atoms with Crippen LogP contribution in [-0.4, -0.2) is 28.5 Å². The maximum absolute atomic E-state index is 13.6. The third-order valence-electron chi connectivity index (χ3n) is 4.96. The van der Waals surface area contributed by atoms with E-state index in [0.717, 1.165) is 25.5 Å². The van der Waals surface area contributed by atoms with Gasteiger partial charge in [-0.1, -0.05) is 33.6 Å². The fourth-order valence-corrected chi connectivity index (χ4v) is 6.36. The summed E-state index contributed by atoms with van der Waals surface area (Å²) in [6, 6.07) is 13.0. The molecule has 4 rings (SSSR count). The summed E-state index contributed by atoms with van der Waals surface area (Å²) in [7, 11) is 0. The van der Waals surface area contributed by atoms with Gasteiger partial charge in [-0.15, -0.1) is 23.1 Å². The van der Waals surface area contributed by atoms with Gasteiger partial charge in [0.05, 0.1) is 32.3 Å². The van der Waals surface area contributed by atoms with Gasteiger partial charge in [0.15, 0.2) is 0 Å². The Morgan fingerprint density at radius 3 is 2.59 bits per heavy atom. The van der Waals surface area contributed by atoms with Gasteiger partial charge in [0.1, 0.15) is 0 Å². The van der Waals surface area contributed by atoms with Crippen LogP contribution >= 0.6 is 39.0 Å². The number of ketones is 1. The molecule has 0 N–H and O–H groups in total. The van der Waals surface area contributed by atoms with Crippen LogP contribution in [0.15, 0.2) is 69.0 Å². The summed E-state index contributed by atoms with van der Waals surface area (Å²) < 4.78 is 9.32. The van der Waals surface area contributed by atoms with E-state index in [1.54, 1.807) is 30.8 Å². The van der Waals surface area contributed by atoms with E-state index >= 15 is 0 Å². The lowest BCUT2D eigenvalue weighted by atomic mass is 10.1. The van der Waals surface area contributed by atoms with E-state index in [0.29, 0.717) is 21.4 Å². The molecule has 3 aromatic heterocycles. The first-order valence-electron chi connectivity index (χ1n) is 10.2. The molecular weight excluding hydrogens is 506 g/mol. The zero-order chi connectivity index (χ0) is 22.8. The second kappa shape index (κ2) is 9.65. The molecule has 0 saturated carbocycles. The Kier molecular flexibility index (Phi) is 6.88. The first-order valence-corrected chi connectivity index (χ1v) is 12.8. The smallest absolute Gasteiger partial charge is 0.341 e. The maximum atomic E-state index is 13.6. The van der Waals surface area contributed by atoms with Crippen molar-refractivity contribution in [3.8, 4) is 0 Å². The highest BCUT2D eigenvalue weighted by atomic mass is 79.9. The number of halogens is 1. The minimum absolute atomic E-state index is 0.0944. The molecule has 4 aromatic rings. The van der Waals surface area contributed by atoms with E-state index in [1.165, 1.54) is 16.9 Å². The molecule has 1 aromatic carbocycles. The summed E-state index contributed by atoms with van der Waals surface area (Å²) >= 11 is 6.55. The number of allylic oxidation sites excluding steroid dienone is 1.